The first-order valence-corrected chi connectivity index (χ1v) is 11.3. The molecule has 0 amide bonds. The summed E-state index contributed by atoms with van der Waals surface area (Å²) in [6.07, 6.45) is 3.40. The molecule has 0 spiro atoms. The van der Waals surface area contributed by atoms with Crippen LogP contribution in [0.4, 0.5) is 0 Å². The van der Waals surface area contributed by atoms with Crippen LogP contribution in [0.2, 0.25) is 0 Å². The predicted molar refractivity (Wildman–Crippen MR) is 124 cm³/mol. The van der Waals surface area contributed by atoms with Crippen molar-refractivity contribution in [3.8, 4) is 0 Å². The van der Waals surface area contributed by atoms with E-state index < -0.39 is 0 Å². The molecule has 0 radical (unpaired) electrons. The van der Waals surface area contributed by atoms with Crippen molar-refractivity contribution in [1.82, 2.24) is 10.6 Å². The number of methoxy groups -OCH3 is 2. The van der Waals surface area contributed by atoms with Gasteiger partial charge >= 0.3 is 11.9 Å². The first-order chi connectivity index (χ1) is 15.6. The molecular weight excluding hydrogens is 404 g/mol. The third-order valence-electron chi connectivity index (χ3n) is 6.28. The van der Waals surface area contributed by atoms with Gasteiger partial charge in [-0.05, 0) is 49.9 Å². The van der Waals surface area contributed by atoms with Crippen LogP contribution in [0, 0.1) is 11.8 Å². The van der Waals surface area contributed by atoms with Crippen LogP contribution in [0.25, 0.3) is 0 Å². The zero-order valence-electron chi connectivity index (χ0n) is 19.0. The number of esters is 2. The normalized spacial score (nSPS) is 25.1. The van der Waals surface area contributed by atoms with E-state index in [1.807, 2.05) is 36.4 Å². The second kappa shape index (κ2) is 12.4. The standard InChI is InChI=1S/2C13H17NO2/c2*1-16-13(15)11-7-8-14-12(9-11)10-5-3-2-4-6-10/h2*2-6,11-12,14H,7-9H2,1H3. The van der Waals surface area contributed by atoms with E-state index in [4.69, 9.17) is 9.47 Å². The average Bonchev–Trinajstić information content (AvgIpc) is 2.89. The predicted octanol–water partition coefficient (Wildman–Crippen LogP) is 3.80. The number of carbonyl (C=O) groups excluding carboxylic acids is 2. The lowest BCUT2D eigenvalue weighted by Gasteiger charge is -2.29. The van der Waals surface area contributed by atoms with Gasteiger partial charge in [0, 0.05) is 12.1 Å². The molecule has 6 nitrogen and oxygen atoms in total. The fourth-order valence-electron chi connectivity index (χ4n) is 4.48. The van der Waals surface area contributed by atoms with Gasteiger partial charge in [0.15, 0.2) is 0 Å². The summed E-state index contributed by atoms with van der Waals surface area (Å²) >= 11 is 0. The minimum atomic E-state index is -0.0811. The molecule has 2 aliphatic heterocycles. The molecule has 4 rings (SSSR count). The second-order valence-electron chi connectivity index (χ2n) is 8.32. The molecule has 6 heteroatoms. The number of benzene rings is 2. The highest BCUT2D eigenvalue weighted by atomic mass is 16.5. The molecule has 4 atom stereocenters. The lowest BCUT2D eigenvalue weighted by atomic mass is 9.89. The largest absolute Gasteiger partial charge is 0.469 e. The first-order valence-electron chi connectivity index (χ1n) is 11.3. The Hall–Kier alpha value is -2.70. The van der Waals surface area contributed by atoms with Gasteiger partial charge in [-0.25, -0.2) is 0 Å². The number of hydrogen-bond donors (Lipinski definition) is 2. The Kier molecular flexibility index (Phi) is 9.26. The number of rotatable bonds is 4. The number of nitrogens with one attached hydrogen (secondary N) is 2. The van der Waals surface area contributed by atoms with Crippen molar-refractivity contribution in [3.63, 3.8) is 0 Å². The molecule has 172 valence electrons. The Morgan fingerprint density at radius 3 is 1.41 bits per heavy atom. The van der Waals surface area contributed by atoms with Crippen LogP contribution < -0.4 is 10.6 Å². The zero-order chi connectivity index (χ0) is 22.8. The topological polar surface area (TPSA) is 76.7 Å². The molecule has 0 saturated carbocycles. The van der Waals surface area contributed by atoms with E-state index in [1.165, 1.54) is 25.3 Å². The molecule has 2 aromatic carbocycles. The quantitative estimate of drug-likeness (QED) is 0.707. The van der Waals surface area contributed by atoms with E-state index in [-0.39, 0.29) is 35.9 Å². The molecule has 2 aliphatic rings. The average molecular weight is 439 g/mol. The van der Waals surface area contributed by atoms with Crippen molar-refractivity contribution in [1.29, 1.82) is 0 Å². The summed E-state index contributed by atoms with van der Waals surface area (Å²) in [4.78, 5) is 23.0. The van der Waals surface area contributed by atoms with Crippen molar-refractivity contribution in [2.45, 2.75) is 37.8 Å². The third kappa shape index (κ3) is 6.65. The SMILES string of the molecule is COC(=O)C1CCNC(c2ccccc2)C1.COC(=O)C1CCNC(c2ccccc2)C1. The molecule has 4 unspecified atom stereocenters. The minimum Gasteiger partial charge on any atom is -0.469 e. The highest BCUT2D eigenvalue weighted by Gasteiger charge is 2.29. The molecule has 2 heterocycles. The maximum atomic E-state index is 11.5. The molecule has 0 aliphatic carbocycles. The van der Waals surface area contributed by atoms with Gasteiger partial charge in [0.1, 0.15) is 0 Å². The van der Waals surface area contributed by atoms with Gasteiger partial charge in [-0.1, -0.05) is 60.7 Å². The molecule has 2 fully saturated rings. The Morgan fingerprint density at radius 1 is 0.688 bits per heavy atom. The van der Waals surface area contributed by atoms with Crippen molar-refractivity contribution in [2.24, 2.45) is 11.8 Å². The third-order valence-corrected chi connectivity index (χ3v) is 6.28. The number of ether oxygens (including phenoxy) is 2. The van der Waals surface area contributed by atoms with Crippen LogP contribution in [-0.2, 0) is 19.1 Å². The van der Waals surface area contributed by atoms with Crippen molar-refractivity contribution in [2.75, 3.05) is 27.3 Å². The summed E-state index contributed by atoms with van der Waals surface area (Å²) in [5.74, 6) is -0.0854. The van der Waals surface area contributed by atoms with Gasteiger partial charge in [0.2, 0.25) is 0 Å². The van der Waals surface area contributed by atoms with E-state index in [9.17, 15) is 9.59 Å². The van der Waals surface area contributed by atoms with Crippen LogP contribution in [0.5, 0.6) is 0 Å². The smallest absolute Gasteiger partial charge is 0.308 e. The minimum absolute atomic E-state index is 0.0384. The van der Waals surface area contributed by atoms with E-state index in [2.05, 4.69) is 34.9 Å². The maximum Gasteiger partial charge on any atom is 0.308 e. The first kappa shape index (κ1) is 24.0. The van der Waals surface area contributed by atoms with Gasteiger partial charge in [0.05, 0.1) is 26.1 Å². The zero-order valence-corrected chi connectivity index (χ0v) is 19.0. The highest BCUT2D eigenvalue weighted by molar-refractivity contribution is 5.73. The fourth-order valence-corrected chi connectivity index (χ4v) is 4.48. The Balaban J connectivity index is 0.000000181. The molecular formula is C26H34N2O4. The Bertz CT molecular complexity index is 772. The summed E-state index contributed by atoms with van der Waals surface area (Å²) in [6.45, 7) is 1.75. The van der Waals surface area contributed by atoms with E-state index in [0.29, 0.717) is 0 Å². The summed E-state index contributed by atoms with van der Waals surface area (Å²) in [5.41, 5.74) is 2.49. The number of piperidine rings is 2. The molecule has 0 bridgehead atoms. The highest BCUT2D eigenvalue weighted by Crippen LogP contribution is 2.28. The number of carbonyl (C=O) groups is 2. The van der Waals surface area contributed by atoms with E-state index in [0.717, 1.165) is 38.8 Å². The summed E-state index contributed by atoms with van der Waals surface area (Å²) in [6, 6.07) is 21.0. The van der Waals surface area contributed by atoms with Gasteiger partial charge in [-0.15, -0.1) is 0 Å². The Labute approximate surface area is 190 Å². The van der Waals surface area contributed by atoms with Gasteiger partial charge in [0.25, 0.3) is 0 Å². The number of hydrogen-bond acceptors (Lipinski definition) is 6. The van der Waals surface area contributed by atoms with Gasteiger partial charge in [-0.2, -0.15) is 0 Å². The molecule has 2 N–H and O–H groups in total. The van der Waals surface area contributed by atoms with Gasteiger partial charge < -0.3 is 20.1 Å². The molecule has 2 saturated heterocycles. The van der Waals surface area contributed by atoms with E-state index >= 15 is 0 Å². The Morgan fingerprint density at radius 2 is 1.06 bits per heavy atom. The van der Waals surface area contributed by atoms with E-state index in [1.54, 1.807) is 0 Å². The lowest BCUT2D eigenvalue weighted by molar-refractivity contribution is -0.147. The van der Waals surface area contributed by atoms with Crippen LogP contribution >= 0.6 is 0 Å². The summed E-state index contributed by atoms with van der Waals surface area (Å²) in [7, 11) is 2.92. The van der Waals surface area contributed by atoms with Crippen LogP contribution in [0.15, 0.2) is 60.7 Å². The van der Waals surface area contributed by atoms with Crippen LogP contribution in [-0.4, -0.2) is 39.2 Å². The lowest BCUT2D eigenvalue weighted by Crippen LogP contribution is -2.35. The van der Waals surface area contributed by atoms with Gasteiger partial charge in [-0.3, -0.25) is 9.59 Å². The second-order valence-corrected chi connectivity index (χ2v) is 8.32. The summed E-state index contributed by atoms with van der Waals surface area (Å²) in [5, 5.41) is 6.87. The monoisotopic (exact) mass is 438 g/mol. The summed E-state index contributed by atoms with van der Waals surface area (Å²) < 4.78 is 9.61. The van der Waals surface area contributed by atoms with Crippen molar-refractivity contribution >= 4 is 11.9 Å². The fraction of sp³-hybridized carbons (Fsp3) is 0.462. The molecule has 2 aromatic rings. The van der Waals surface area contributed by atoms with Crippen LogP contribution in [0.3, 0.4) is 0 Å². The molecule has 0 aromatic heterocycles. The van der Waals surface area contributed by atoms with Crippen LogP contribution in [0.1, 0.15) is 48.9 Å². The van der Waals surface area contributed by atoms with Crippen molar-refractivity contribution < 1.29 is 19.1 Å². The van der Waals surface area contributed by atoms with Crippen molar-refractivity contribution in [3.05, 3.63) is 71.8 Å². The molecule has 32 heavy (non-hydrogen) atoms. The maximum absolute atomic E-state index is 11.5.